The predicted molar refractivity (Wildman–Crippen MR) is 116 cm³/mol. The van der Waals surface area contributed by atoms with E-state index in [1.165, 1.54) is 19.1 Å². The molecule has 2 aromatic carbocycles. The minimum absolute atomic E-state index is 0.0752. The molecular formula is C19H19BrN4O4S. The maximum atomic E-state index is 12.1. The van der Waals surface area contributed by atoms with Crippen LogP contribution in [0.4, 0.5) is 5.69 Å². The fourth-order valence-electron chi connectivity index (χ4n) is 2.14. The van der Waals surface area contributed by atoms with Crippen LogP contribution in [0.5, 0.6) is 5.75 Å². The van der Waals surface area contributed by atoms with Gasteiger partial charge in [0.25, 0.3) is 11.8 Å². The van der Waals surface area contributed by atoms with Crippen LogP contribution in [0.2, 0.25) is 0 Å². The van der Waals surface area contributed by atoms with E-state index in [0.717, 1.165) is 10.0 Å². The summed E-state index contributed by atoms with van der Waals surface area (Å²) in [6.45, 7) is 3.07. The molecule has 2 rings (SSSR count). The van der Waals surface area contributed by atoms with Crippen LogP contribution in [0.1, 0.15) is 22.8 Å². The maximum Gasteiger partial charge on any atom is 0.269 e. The van der Waals surface area contributed by atoms with Gasteiger partial charge in [0.15, 0.2) is 11.7 Å². The largest absolute Gasteiger partial charge is 0.484 e. The summed E-state index contributed by atoms with van der Waals surface area (Å²) in [5, 5.41) is 4.93. The Kier molecular flexibility index (Phi) is 8.10. The zero-order valence-electron chi connectivity index (χ0n) is 15.7. The summed E-state index contributed by atoms with van der Waals surface area (Å²) in [5.41, 5.74) is 6.71. The molecule has 0 atom stereocenters. The summed E-state index contributed by atoms with van der Waals surface area (Å²) < 4.78 is 6.35. The summed E-state index contributed by atoms with van der Waals surface area (Å²) in [4.78, 5) is 35.0. The molecule has 0 saturated heterocycles. The van der Waals surface area contributed by atoms with Gasteiger partial charge in [0.05, 0.1) is 0 Å². The van der Waals surface area contributed by atoms with Crippen molar-refractivity contribution in [3.05, 3.63) is 58.1 Å². The summed E-state index contributed by atoms with van der Waals surface area (Å²) in [6, 6.07) is 11.6. The minimum atomic E-state index is -0.475. The van der Waals surface area contributed by atoms with Crippen LogP contribution in [0.25, 0.3) is 0 Å². The molecule has 0 unspecified atom stereocenters. The Morgan fingerprint density at radius 2 is 1.76 bits per heavy atom. The minimum Gasteiger partial charge on any atom is -0.484 e. The van der Waals surface area contributed by atoms with Crippen molar-refractivity contribution in [1.82, 2.24) is 16.2 Å². The topological polar surface area (TPSA) is 109 Å². The van der Waals surface area contributed by atoms with Gasteiger partial charge in [-0.05, 0) is 67.2 Å². The number of anilines is 1. The molecule has 29 heavy (non-hydrogen) atoms. The first-order chi connectivity index (χ1) is 13.7. The van der Waals surface area contributed by atoms with Crippen molar-refractivity contribution in [3.8, 4) is 5.75 Å². The molecule has 0 saturated carbocycles. The van der Waals surface area contributed by atoms with Gasteiger partial charge >= 0.3 is 0 Å². The van der Waals surface area contributed by atoms with E-state index in [1.807, 2.05) is 13.0 Å². The van der Waals surface area contributed by atoms with Crippen molar-refractivity contribution in [2.45, 2.75) is 13.8 Å². The standard InChI is InChI=1S/C19H19BrN4O4S/c1-11-9-15(7-8-16(11)20)28-10-17(26)22-19(29)24-23-18(27)13-3-5-14(6-4-13)21-12(2)25/h3-9H,10H2,1-2H3,(H,21,25)(H,23,27)(H2,22,24,26,29). The second kappa shape index (κ2) is 10.5. The lowest BCUT2D eigenvalue weighted by molar-refractivity contribution is -0.121. The number of hydrazine groups is 1. The molecule has 0 heterocycles. The zero-order chi connectivity index (χ0) is 21.4. The Morgan fingerprint density at radius 3 is 2.38 bits per heavy atom. The van der Waals surface area contributed by atoms with Gasteiger partial charge in [0, 0.05) is 22.6 Å². The van der Waals surface area contributed by atoms with E-state index in [0.29, 0.717) is 17.0 Å². The third-order valence-corrected chi connectivity index (χ3v) is 4.60. The monoisotopic (exact) mass is 478 g/mol. The van der Waals surface area contributed by atoms with Gasteiger partial charge in [-0.1, -0.05) is 15.9 Å². The highest BCUT2D eigenvalue weighted by Gasteiger charge is 2.09. The van der Waals surface area contributed by atoms with Crippen LogP contribution < -0.4 is 26.2 Å². The third-order valence-electron chi connectivity index (χ3n) is 3.51. The second-order valence-electron chi connectivity index (χ2n) is 5.91. The Bertz CT molecular complexity index is 934. The Morgan fingerprint density at radius 1 is 1.07 bits per heavy atom. The summed E-state index contributed by atoms with van der Waals surface area (Å²) in [5.74, 6) is -0.588. The number of ether oxygens (including phenoxy) is 1. The van der Waals surface area contributed by atoms with Crippen molar-refractivity contribution >= 4 is 56.7 Å². The fourth-order valence-corrected chi connectivity index (χ4v) is 2.56. The van der Waals surface area contributed by atoms with Crippen LogP contribution in [0.3, 0.4) is 0 Å². The van der Waals surface area contributed by atoms with Gasteiger partial charge < -0.3 is 10.1 Å². The average Bonchev–Trinajstić information content (AvgIpc) is 2.67. The molecule has 0 spiro atoms. The molecule has 2 aromatic rings. The first-order valence-electron chi connectivity index (χ1n) is 8.41. The van der Waals surface area contributed by atoms with Crippen molar-refractivity contribution in [1.29, 1.82) is 0 Å². The van der Waals surface area contributed by atoms with E-state index in [9.17, 15) is 14.4 Å². The highest BCUT2D eigenvalue weighted by atomic mass is 79.9. The number of thiocarbonyl (C=S) groups is 1. The molecule has 0 radical (unpaired) electrons. The van der Waals surface area contributed by atoms with Crippen molar-refractivity contribution in [2.75, 3.05) is 11.9 Å². The number of carbonyl (C=O) groups excluding carboxylic acids is 3. The SMILES string of the molecule is CC(=O)Nc1ccc(C(=O)NNC(=S)NC(=O)COc2ccc(Br)c(C)c2)cc1. The van der Waals surface area contributed by atoms with E-state index in [-0.39, 0.29) is 17.6 Å². The number of aryl methyl sites for hydroxylation is 1. The molecule has 4 N–H and O–H groups in total. The van der Waals surface area contributed by atoms with Gasteiger partial charge in [-0.15, -0.1) is 0 Å². The molecule has 0 aliphatic heterocycles. The number of amides is 3. The Balaban J connectivity index is 1.75. The van der Waals surface area contributed by atoms with E-state index in [2.05, 4.69) is 37.4 Å². The summed E-state index contributed by atoms with van der Waals surface area (Å²) in [7, 11) is 0. The van der Waals surface area contributed by atoms with Crippen LogP contribution in [0.15, 0.2) is 46.9 Å². The van der Waals surface area contributed by atoms with Gasteiger partial charge in [0.1, 0.15) is 5.75 Å². The highest BCUT2D eigenvalue weighted by Crippen LogP contribution is 2.21. The molecule has 0 fully saturated rings. The molecule has 0 aromatic heterocycles. The molecule has 0 bridgehead atoms. The first kappa shape index (κ1) is 22.3. The number of halogens is 1. The van der Waals surface area contributed by atoms with Crippen molar-refractivity contribution in [3.63, 3.8) is 0 Å². The van der Waals surface area contributed by atoms with Crippen LogP contribution in [-0.2, 0) is 9.59 Å². The molecule has 152 valence electrons. The van der Waals surface area contributed by atoms with Crippen LogP contribution >= 0.6 is 28.1 Å². The lowest BCUT2D eigenvalue weighted by Gasteiger charge is -2.12. The molecule has 0 aliphatic carbocycles. The van der Waals surface area contributed by atoms with E-state index in [4.69, 9.17) is 17.0 Å². The third kappa shape index (κ3) is 7.51. The van der Waals surface area contributed by atoms with E-state index >= 15 is 0 Å². The van der Waals surface area contributed by atoms with Gasteiger partial charge in [-0.25, -0.2) is 0 Å². The highest BCUT2D eigenvalue weighted by molar-refractivity contribution is 9.10. The molecule has 3 amide bonds. The number of nitrogens with one attached hydrogen (secondary N) is 4. The quantitative estimate of drug-likeness (QED) is 0.388. The van der Waals surface area contributed by atoms with Gasteiger partial charge in [0.2, 0.25) is 5.91 Å². The van der Waals surface area contributed by atoms with E-state index < -0.39 is 11.8 Å². The summed E-state index contributed by atoms with van der Waals surface area (Å²) >= 11 is 8.36. The second-order valence-corrected chi connectivity index (χ2v) is 7.18. The average molecular weight is 479 g/mol. The van der Waals surface area contributed by atoms with Crippen LogP contribution in [0, 0.1) is 6.92 Å². The zero-order valence-corrected chi connectivity index (χ0v) is 18.1. The van der Waals surface area contributed by atoms with Crippen molar-refractivity contribution < 1.29 is 19.1 Å². The van der Waals surface area contributed by atoms with Crippen LogP contribution in [-0.4, -0.2) is 29.4 Å². The predicted octanol–water partition coefficient (Wildman–Crippen LogP) is 2.43. The number of hydrogen-bond acceptors (Lipinski definition) is 5. The molecule has 10 heteroatoms. The lowest BCUT2D eigenvalue weighted by Crippen LogP contribution is -2.49. The fraction of sp³-hybridized carbons (Fsp3) is 0.158. The normalized spacial score (nSPS) is 9.90. The number of carbonyl (C=O) groups is 3. The number of rotatable bonds is 5. The molecule has 0 aliphatic rings. The maximum absolute atomic E-state index is 12.1. The van der Waals surface area contributed by atoms with Crippen molar-refractivity contribution in [2.24, 2.45) is 0 Å². The summed E-state index contributed by atoms with van der Waals surface area (Å²) in [6.07, 6.45) is 0. The smallest absolute Gasteiger partial charge is 0.269 e. The van der Waals surface area contributed by atoms with Gasteiger partial charge in [-0.2, -0.15) is 0 Å². The number of benzene rings is 2. The molecule has 8 nitrogen and oxygen atoms in total. The first-order valence-corrected chi connectivity index (χ1v) is 9.61. The van der Waals surface area contributed by atoms with E-state index in [1.54, 1.807) is 24.3 Å². The Hall–Kier alpha value is -2.98. The number of hydrogen-bond donors (Lipinski definition) is 4. The van der Waals surface area contributed by atoms with Gasteiger partial charge in [-0.3, -0.25) is 30.6 Å². The Labute approximate surface area is 181 Å². The lowest BCUT2D eigenvalue weighted by atomic mass is 10.2. The molecular weight excluding hydrogens is 460 g/mol.